The van der Waals surface area contributed by atoms with Crippen LogP contribution in [-0.4, -0.2) is 4.98 Å². The van der Waals surface area contributed by atoms with Gasteiger partial charge in [-0.1, -0.05) is 0 Å². The normalized spacial score (nSPS) is 10.2. The number of rotatable bonds is 0. The Bertz CT molecular complexity index is 428. The molecule has 11 heavy (non-hydrogen) atoms. The van der Waals surface area contributed by atoms with Gasteiger partial charge in [-0.05, 0) is 18.2 Å². The second-order valence-electron chi connectivity index (χ2n) is 2.19. The first-order valence-electron chi connectivity index (χ1n) is 3.25. The van der Waals surface area contributed by atoms with Gasteiger partial charge in [0.15, 0.2) is 0 Å². The van der Waals surface area contributed by atoms with Gasteiger partial charge in [-0.25, -0.2) is 0 Å². The largest absolute Gasteiger partial charge is 0.447 e. The molecule has 0 radical (unpaired) electrons. The highest BCUT2D eigenvalue weighted by Crippen LogP contribution is 2.02. The molecule has 0 aliphatic rings. The number of hydrogen-bond donors (Lipinski definition) is 1. The van der Waals surface area contributed by atoms with E-state index in [9.17, 15) is 0 Å². The average Bonchev–Trinajstić information content (AvgIpc) is 2.06. The molecule has 0 unspecified atom stereocenters. The lowest BCUT2D eigenvalue weighted by Crippen LogP contribution is -1.98. The fourth-order valence-electron chi connectivity index (χ4n) is 0.972. The Balaban J connectivity index is 3.03. The van der Waals surface area contributed by atoms with Crippen LogP contribution in [-0.2, 0) is 0 Å². The maximum absolute atomic E-state index is 7.36. The van der Waals surface area contributed by atoms with Gasteiger partial charge >= 0.3 is 0 Å². The van der Waals surface area contributed by atoms with Gasteiger partial charge in [-0.2, -0.15) is 0 Å². The van der Waals surface area contributed by atoms with E-state index < -0.39 is 0 Å². The maximum Gasteiger partial charge on any atom is 0.220 e. The molecule has 2 aromatic rings. The molecule has 0 atom stereocenters. The van der Waals surface area contributed by atoms with E-state index in [2.05, 4.69) is 4.98 Å². The van der Waals surface area contributed by atoms with Crippen molar-refractivity contribution in [2.75, 3.05) is 0 Å². The van der Waals surface area contributed by atoms with Crippen LogP contribution in [0.5, 0.6) is 0 Å². The van der Waals surface area contributed by atoms with E-state index >= 15 is 0 Å². The van der Waals surface area contributed by atoms with Gasteiger partial charge in [0.1, 0.15) is 0 Å². The van der Waals surface area contributed by atoms with Crippen molar-refractivity contribution < 1.29 is 4.42 Å². The molecule has 0 aliphatic carbocycles. The second kappa shape index (κ2) is 2.20. The second-order valence-corrected chi connectivity index (χ2v) is 2.19. The summed E-state index contributed by atoms with van der Waals surface area (Å²) in [5, 5.41) is 8.10. The Morgan fingerprint density at radius 2 is 2.27 bits per heavy atom. The Labute approximate surface area is 62.8 Å². The highest BCUT2D eigenvalue weighted by molar-refractivity contribution is 5.75. The first-order chi connectivity index (χ1) is 5.38. The lowest BCUT2D eigenvalue weighted by atomic mass is 10.3. The zero-order chi connectivity index (χ0) is 7.68. The van der Waals surface area contributed by atoms with E-state index in [1.807, 2.05) is 6.07 Å². The van der Waals surface area contributed by atoms with Crippen LogP contribution in [0.25, 0.3) is 10.9 Å². The molecule has 3 heteroatoms. The third-order valence-electron chi connectivity index (χ3n) is 1.49. The van der Waals surface area contributed by atoms with Crippen LogP contribution in [0.15, 0.2) is 35.1 Å². The van der Waals surface area contributed by atoms with Crippen LogP contribution < -0.4 is 5.55 Å². The topological polar surface area (TPSA) is 49.9 Å². The van der Waals surface area contributed by atoms with Crippen LogP contribution in [0.2, 0.25) is 0 Å². The van der Waals surface area contributed by atoms with Crippen molar-refractivity contribution >= 4 is 10.9 Å². The minimum absolute atomic E-state index is 0.163. The van der Waals surface area contributed by atoms with Crippen LogP contribution >= 0.6 is 0 Å². The summed E-state index contributed by atoms with van der Waals surface area (Å²) in [5.41, 5.74) is 0.958. The van der Waals surface area contributed by atoms with Gasteiger partial charge in [-0.3, -0.25) is 10.4 Å². The molecule has 1 N–H and O–H groups in total. The molecule has 0 saturated heterocycles. The Morgan fingerprint density at radius 3 is 3.09 bits per heavy atom. The highest BCUT2D eigenvalue weighted by atomic mass is 16.3. The van der Waals surface area contributed by atoms with Crippen LogP contribution in [0.3, 0.4) is 0 Å². The van der Waals surface area contributed by atoms with E-state index in [1.165, 1.54) is 6.26 Å². The Kier molecular flexibility index (Phi) is 1.22. The van der Waals surface area contributed by atoms with Gasteiger partial charge < -0.3 is 4.42 Å². The molecule has 0 aliphatic heterocycles. The molecule has 0 fully saturated rings. The lowest BCUT2D eigenvalue weighted by molar-refractivity contribution is 0.495. The standard InChI is InChI=1S/C8H6N2O/c9-8-6-2-1-4-10-7(6)3-5-11-8/h1-5,9H. The number of nitrogens with one attached hydrogen (secondary N) is 1. The molecule has 3 nitrogen and oxygen atoms in total. The fourth-order valence-corrected chi connectivity index (χ4v) is 0.972. The first kappa shape index (κ1) is 6.09. The van der Waals surface area contributed by atoms with E-state index in [4.69, 9.17) is 9.83 Å². The molecule has 54 valence electrons. The zero-order valence-corrected chi connectivity index (χ0v) is 5.74. The average molecular weight is 146 g/mol. The van der Waals surface area contributed by atoms with Gasteiger partial charge in [0.05, 0.1) is 17.2 Å². The number of hydrogen-bond acceptors (Lipinski definition) is 3. The Morgan fingerprint density at radius 1 is 1.36 bits per heavy atom. The molecule has 0 spiro atoms. The van der Waals surface area contributed by atoms with Gasteiger partial charge in [0.2, 0.25) is 5.55 Å². The molecular weight excluding hydrogens is 140 g/mol. The number of aromatic nitrogens is 1. The number of nitrogens with zero attached hydrogens (tertiary/aromatic N) is 1. The molecule has 2 heterocycles. The first-order valence-corrected chi connectivity index (χ1v) is 3.25. The summed E-state index contributed by atoms with van der Waals surface area (Å²) in [6.07, 6.45) is 3.17. The SMILES string of the molecule is N=c1occc2ncccc12. The maximum atomic E-state index is 7.36. The minimum Gasteiger partial charge on any atom is -0.447 e. The van der Waals surface area contributed by atoms with Crippen molar-refractivity contribution in [3.63, 3.8) is 0 Å². The monoisotopic (exact) mass is 146 g/mol. The predicted octanol–water partition coefficient (Wildman–Crippen LogP) is 1.31. The summed E-state index contributed by atoms with van der Waals surface area (Å²) in [7, 11) is 0. The van der Waals surface area contributed by atoms with Crippen molar-refractivity contribution in [3.05, 3.63) is 36.2 Å². The van der Waals surface area contributed by atoms with E-state index in [0.717, 1.165) is 10.9 Å². The summed E-state index contributed by atoms with van der Waals surface area (Å²) in [4.78, 5) is 4.06. The summed E-state index contributed by atoms with van der Waals surface area (Å²) >= 11 is 0. The number of pyridine rings is 1. The zero-order valence-electron chi connectivity index (χ0n) is 5.74. The molecule has 2 rings (SSSR count). The van der Waals surface area contributed by atoms with Gasteiger partial charge in [-0.15, -0.1) is 0 Å². The quantitative estimate of drug-likeness (QED) is 0.609. The van der Waals surface area contributed by atoms with Gasteiger partial charge in [0, 0.05) is 6.20 Å². The summed E-state index contributed by atoms with van der Waals surface area (Å²) in [5.74, 6) is 0. The molecule has 0 amide bonds. The van der Waals surface area contributed by atoms with Crippen molar-refractivity contribution in [2.45, 2.75) is 0 Å². The lowest BCUT2D eigenvalue weighted by Gasteiger charge is -1.92. The van der Waals surface area contributed by atoms with Crippen molar-refractivity contribution in [1.82, 2.24) is 4.98 Å². The summed E-state index contributed by atoms with van der Waals surface area (Å²) in [6, 6.07) is 5.34. The summed E-state index contributed by atoms with van der Waals surface area (Å²) in [6.45, 7) is 0. The van der Waals surface area contributed by atoms with E-state index in [-0.39, 0.29) is 5.55 Å². The third kappa shape index (κ3) is 0.902. The third-order valence-corrected chi connectivity index (χ3v) is 1.49. The van der Waals surface area contributed by atoms with Crippen molar-refractivity contribution in [1.29, 1.82) is 5.41 Å². The minimum atomic E-state index is 0.163. The molecule has 0 aromatic carbocycles. The van der Waals surface area contributed by atoms with E-state index in [1.54, 1.807) is 18.3 Å². The predicted molar refractivity (Wildman–Crippen MR) is 39.9 cm³/mol. The molecule has 2 aromatic heterocycles. The Hall–Kier alpha value is -1.64. The fraction of sp³-hybridized carbons (Fsp3) is 0. The smallest absolute Gasteiger partial charge is 0.220 e. The molecule has 0 bridgehead atoms. The van der Waals surface area contributed by atoms with Crippen LogP contribution in [0, 0.1) is 5.41 Å². The molecular formula is C8H6N2O. The summed E-state index contributed by atoms with van der Waals surface area (Å²) < 4.78 is 4.87. The van der Waals surface area contributed by atoms with Crippen molar-refractivity contribution in [3.8, 4) is 0 Å². The molecule has 0 saturated carbocycles. The van der Waals surface area contributed by atoms with Crippen LogP contribution in [0.1, 0.15) is 0 Å². The van der Waals surface area contributed by atoms with Gasteiger partial charge in [0.25, 0.3) is 0 Å². The van der Waals surface area contributed by atoms with Crippen molar-refractivity contribution in [2.24, 2.45) is 0 Å². The number of fused-ring (bicyclic) bond motifs is 1. The van der Waals surface area contributed by atoms with Crippen LogP contribution in [0.4, 0.5) is 0 Å². The van der Waals surface area contributed by atoms with E-state index in [0.29, 0.717) is 0 Å². The highest BCUT2D eigenvalue weighted by Gasteiger charge is 1.93.